The molecule has 0 N–H and O–H groups in total. The number of anilines is 3. The Morgan fingerprint density at radius 2 is 0.929 bits per heavy atom. The molecule has 0 radical (unpaired) electrons. The van der Waals surface area contributed by atoms with Crippen LogP contribution in [0, 0.1) is 0 Å². The van der Waals surface area contributed by atoms with Crippen molar-refractivity contribution in [2.75, 3.05) is 4.90 Å². The zero-order chi connectivity index (χ0) is 38.2. The van der Waals surface area contributed by atoms with Crippen molar-refractivity contribution in [2.24, 2.45) is 0 Å². The molecule has 1 nitrogen and oxygen atoms in total. The number of hydrogen-bond donors (Lipinski definition) is 0. The van der Waals surface area contributed by atoms with Gasteiger partial charge in [0.05, 0.1) is 0 Å². The molecule has 0 bridgehead atoms. The Hall–Kier alpha value is -5.66. The summed E-state index contributed by atoms with van der Waals surface area (Å²) < 4.78 is 0. The van der Waals surface area contributed by atoms with Gasteiger partial charge in [0.1, 0.15) is 0 Å². The maximum absolute atomic E-state index is 2.54. The summed E-state index contributed by atoms with van der Waals surface area (Å²) in [6.45, 7) is 11.6. The van der Waals surface area contributed by atoms with E-state index in [1.165, 1.54) is 121 Å². The summed E-state index contributed by atoms with van der Waals surface area (Å²) >= 11 is 0. The van der Waals surface area contributed by atoms with Gasteiger partial charge in [0, 0.05) is 27.9 Å². The van der Waals surface area contributed by atoms with Crippen LogP contribution in [-0.4, -0.2) is 0 Å². The second-order valence-corrected chi connectivity index (χ2v) is 18.0. The highest BCUT2D eigenvalue weighted by molar-refractivity contribution is 5.93. The highest BCUT2D eigenvalue weighted by Crippen LogP contribution is 2.57. The Morgan fingerprint density at radius 3 is 1.59 bits per heavy atom. The SMILES string of the molecule is CC(C)(C)c1ccc(N(c2ccc(-c3ccccc3-c3cccc4c3C(C)(C)c3ccccc3-4)cc2)c2ccc3c(c2)C2(CCCCC2)c2ccccc2-3)cc1. The van der Waals surface area contributed by atoms with Crippen molar-refractivity contribution >= 4 is 17.1 Å². The minimum atomic E-state index is -0.0873. The summed E-state index contributed by atoms with van der Waals surface area (Å²) in [6, 6.07) is 59.9. The maximum Gasteiger partial charge on any atom is 0.0465 e. The van der Waals surface area contributed by atoms with E-state index in [1.54, 1.807) is 0 Å². The molecular weight excluding hydrogens is 675 g/mol. The number of rotatable bonds is 5. The van der Waals surface area contributed by atoms with Crippen LogP contribution in [0.4, 0.5) is 17.1 Å². The van der Waals surface area contributed by atoms with Crippen molar-refractivity contribution in [3.8, 4) is 44.5 Å². The fraction of sp³-hybridized carbons (Fsp3) is 0.236. The van der Waals surface area contributed by atoms with Crippen molar-refractivity contribution in [1.82, 2.24) is 0 Å². The predicted octanol–water partition coefficient (Wildman–Crippen LogP) is 15.3. The van der Waals surface area contributed by atoms with Crippen LogP contribution in [0.5, 0.6) is 0 Å². The van der Waals surface area contributed by atoms with Gasteiger partial charge in [0.25, 0.3) is 0 Å². The Labute approximate surface area is 333 Å². The fourth-order valence-corrected chi connectivity index (χ4v) is 10.7. The van der Waals surface area contributed by atoms with Gasteiger partial charge in [0.2, 0.25) is 0 Å². The first-order valence-electron chi connectivity index (χ1n) is 20.7. The maximum atomic E-state index is 2.54. The Balaban J connectivity index is 1.08. The molecule has 0 atom stereocenters. The first kappa shape index (κ1) is 34.8. The average Bonchev–Trinajstić information content (AvgIpc) is 3.63. The summed E-state index contributed by atoms with van der Waals surface area (Å²) in [5, 5.41) is 0. The van der Waals surface area contributed by atoms with Crippen LogP contribution in [0.2, 0.25) is 0 Å². The molecule has 1 saturated carbocycles. The lowest BCUT2D eigenvalue weighted by atomic mass is 9.68. The number of hydrogen-bond acceptors (Lipinski definition) is 1. The van der Waals surface area contributed by atoms with Crippen molar-refractivity contribution < 1.29 is 0 Å². The van der Waals surface area contributed by atoms with Crippen LogP contribution in [0.3, 0.4) is 0 Å². The largest absolute Gasteiger partial charge is 0.310 e. The minimum Gasteiger partial charge on any atom is -0.310 e. The Morgan fingerprint density at radius 1 is 0.429 bits per heavy atom. The fourth-order valence-electron chi connectivity index (χ4n) is 10.7. The van der Waals surface area contributed by atoms with Crippen LogP contribution in [-0.2, 0) is 16.2 Å². The topological polar surface area (TPSA) is 3.24 Å². The summed E-state index contributed by atoms with van der Waals surface area (Å²) in [5.74, 6) is 0. The molecule has 1 heteroatoms. The lowest BCUT2D eigenvalue weighted by Crippen LogP contribution is -2.28. The summed E-state index contributed by atoms with van der Waals surface area (Å²) in [6.07, 6.45) is 6.36. The second kappa shape index (κ2) is 13.0. The third-order valence-electron chi connectivity index (χ3n) is 13.4. The number of nitrogens with zero attached hydrogens (tertiary/aromatic N) is 1. The molecule has 7 aromatic carbocycles. The van der Waals surface area contributed by atoms with Crippen LogP contribution in [0.25, 0.3) is 44.5 Å². The molecule has 276 valence electrons. The minimum absolute atomic E-state index is 0.0853. The first-order chi connectivity index (χ1) is 27.1. The standard InChI is InChI=1S/C55H51N/c1-53(2,3)38-26-30-40(31-27-38)56(41-32-33-46-44-18-10-12-23-50(44)55(51(46)36-41)34-13-6-14-35-55)39-28-24-37(25-29-39)42-16-7-8-17-43(42)47-20-15-21-48-45-19-9-11-22-49(45)54(4,5)52(47)48/h7-12,15-33,36H,6,13-14,34-35H2,1-5H3. The Kier molecular flexibility index (Phi) is 8.05. The molecule has 1 spiro atoms. The molecule has 7 aromatic rings. The van der Waals surface area contributed by atoms with Gasteiger partial charge in [-0.25, -0.2) is 0 Å². The third-order valence-corrected chi connectivity index (χ3v) is 13.4. The van der Waals surface area contributed by atoms with E-state index in [0.29, 0.717) is 0 Å². The lowest BCUT2D eigenvalue weighted by molar-refractivity contribution is 0.353. The molecule has 0 unspecified atom stereocenters. The van der Waals surface area contributed by atoms with Crippen molar-refractivity contribution in [1.29, 1.82) is 0 Å². The highest BCUT2D eigenvalue weighted by atomic mass is 15.1. The van der Waals surface area contributed by atoms with Crippen molar-refractivity contribution in [3.05, 3.63) is 186 Å². The van der Waals surface area contributed by atoms with Gasteiger partial charge in [0.15, 0.2) is 0 Å². The van der Waals surface area contributed by atoms with E-state index in [-0.39, 0.29) is 16.2 Å². The van der Waals surface area contributed by atoms with E-state index in [0.717, 1.165) is 0 Å². The van der Waals surface area contributed by atoms with Crippen LogP contribution in [0.1, 0.15) is 94.5 Å². The summed E-state index contributed by atoms with van der Waals surface area (Å²) in [7, 11) is 0. The highest BCUT2D eigenvalue weighted by Gasteiger charge is 2.44. The first-order valence-corrected chi connectivity index (χ1v) is 20.7. The van der Waals surface area contributed by atoms with Crippen LogP contribution >= 0.6 is 0 Å². The van der Waals surface area contributed by atoms with Gasteiger partial charge in [-0.05, 0) is 127 Å². The molecular formula is C55H51N. The van der Waals surface area contributed by atoms with E-state index < -0.39 is 0 Å². The normalized spacial score (nSPS) is 15.9. The molecule has 0 heterocycles. The molecule has 0 aliphatic heterocycles. The zero-order valence-electron chi connectivity index (χ0n) is 33.5. The van der Waals surface area contributed by atoms with Gasteiger partial charge in [-0.3, -0.25) is 0 Å². The molecule has 3 aliphatic rings. The number of benzene rings is 7. The van der Waals surface area contributed by atoms with E-state index in [2.05, 4.69) is 197 Å². The van der Waals surface area contributed by atoms with E-state index >= 15 is 0 Å². The second-order valence-electron chi connectivity index (χ2n) is 18.0. The van der Waals surface area contributed by atoms with Crippen LogP contribution in [0.15, 0.2) is 158 Å². The number of fused-ring (bicyclic) bond motifs is 8. The molecule has 0 amide bonds. The average molecular weight is 726 g/mol. The lowest BCUT2D eigenvalue weighted by Gasteiger charge is -2.36. The third kappa shape index (κ3) is 5.35. The van der Waals surface area contributed by atoms with E-state index in [4.69, 9.17) is 0 Å². The smallest absolute Gasteiger partial charge is 0.0465 e. The zero-order valence-corrected chi connectivity index (χ0v) is 33.5. The predicted molar refractivity (Wildman–Crippen MR) is 238 cm³/mol. The van der Waals surface area contributed by atoms with E-state index in [1.807, 2.05) is 0 Å². The van der Waals surface area contributed by atoms with Gasteiger partial charge < -0.3 is 4.90 Å². The molecule has 56 heavy (non-hydrogen) atoms. The van der Waals surface area contributed by atoms with Crippen molar-refractivity contribution in [3.63, 3.8) is 0 Å². The van der Waals surface area contributed by atoms with Gasteiger partial charge >= 0.3 is 0 Å². The molecule has 1 fully saturated rings. The summed E-state index contributed by atoms with van der Waals surface area (Å²) in [4.78, 5) is 2.48. The van der Waals surface area contributed by atoms with Gasteiger partial charge in [-0.15, -0.1) is 0 Å². The van der Waals surface area contributed by atoms with Gasteiger partial charge in [-0.2, -0.15) is 0 Å². The molecule has 0 aromatic heterocycles. The monoisotopic (exact) mass is 725 g/mol. The van der Waals surface area contributed by atoms with Gasteiger partial charge in [-0.1, -0.05) is 175 Å². The molecule has 3 aliphatic carbocycles. The molecule has 10 rings (SSSR count). The quantitative estimate of drug-likeness (QED) is 0.171. The Bertz CT molecular complexity index is 2610. The van der Waals surface area contributed by atoms with Crippen molar-refractivity contribution in [2.45, 2.75) is 83.0 Å². The molecule has 0 saturated heterocycles. The summed E-state index contributed by atoms with van der Waals surface area (Å²) in [5.41, 5.74) is 21.5. The van der Waals surface area contributed by atoms with Crippen LogP contribution < -0.4 is 4.90 Å². The van der Waals surface area contributed by atoms with E-state index in [9.17, 15) is 0 Å².